The van der Waals surface area contributed by atoms with Gasteiger partial charge in [-0.1, -0.05) is 96.4 Å². The molecule has 3 heteroatoms. The second kappa shape index (κ2) is 12.4. The van der Waals surface area contributed by atoms with Crippen LogP contribution in [0.3, 0.4) is 0 Å². The lowest BCUT2D eigenvalue weighted by Gasteiger charge is -2.12. The van der Waals surface area contributed by atoms with E-state index in [2.05, 4.69) is 28.1 Å². The van der Waals surface area contributed by atoms with Crippen molar-refractivity contribution in [2.75, 3.05) is 11.9 Å². The molecule has 0 amide bonds. The summed E-state index contributed by atoms with van der Waals surface area (Å²) < 4.78 is 6.04. The fraction of sp³-hybridized carbons (Fsp3) is 0.455. The fourth-order valence-electron chi connectivity index (χ4n) is 2.91. The second-order valence-corrected chi connectivity index (χ2v) is 7.60. The predicted molar refractivity (Wildman–Crippen MR) is 113 cm³/mol. The molecular formula is C22H28BrClO. The third-order valence-electron chi connectivity index (χ3n) is 4.31. The minimum atomic E-state index is 0.742. The van der Waals surface area contributed by atoms with Gasteiger partial charge in [-0.2, -0.15) is 0 Å². The van der Waals surface area contributed by atoms with Crippen LogP contribution < -0.4 is 4.74 Å². The lowest BCUT2D eigenvalue weighted by molar-refractivity contribution is 0.305. The summed E-state index contributed by atoms with van der Waals surface area (Å²) in [5.74, 6) is 0.922. The van der Waals surface area contributed by atoms with E-state index in [1.54, 1.807) is 0 Å². The molecule has 0 aliphatic rings. The van der Waals surface area contributed by atoms with Crippen molar-refractivity contribution in [2.24, 2.45) is 0 Å². The van der Waals surface area contributed by atoms with Gasteiger partial charge in [0.2, 0.25) is 0 Å². The maximum Gasteiger partial charge on any atom is 0.127 e. The average Bonchev–Trinajstić information content (AvgIpc) is 2.65. The van der Waals surface area contributed by atoms with E-state index in [0.29, 0.717) is 0 Å². The van der Waals surface area contributed by atoms with E-state index in [4.69, 9.17) is 16.3 Å². The molecule has 0 aliphatic carbocycles. The minimum Gasteiger partial charge on any atom is -0.493 e. The normalized spacial score (nSPS) is 10.8. The minimum absolute atomic E-state index is 0.742. The summed E-state index contributed by atoms with van der Waals surface area (Å²) >= 11 is 9.65. The van der Waals surface area contributed by atoms with Gasteiger partial charge in [-0.15, -0.1) is 0 Å². The van der Waals surface area contributed by atoms with Crippen molar-refractivity contribution in [3.05, 3.63) is 53.6 Å². The van der Waals surface area contributed by atoms with E-state index in [-0.39, 0.29) is 0 Å². The van der Waals surface area contributed by atoms with Crippen molar-refractivity contribution in [3.8, 4) is 16.9 Å². The average molecular weight is 424 g/mol. The first-order chi connectivity index (χ1) is 12.3. The summed E-state index contributed by atoms with van der Waals surface area (Å²) in [4.78, 5) is 0. The number of halogens is 2. The molecule has 0 radical (unpaired) electrons. The summed E-state index contributed by atoms with van der Waals surface area (Å²) in [6, 6.07) is 16.1. The van der Waals surface area contributed by atoms with Crippen LogP contribution in [0.2, 0.25) is 5.02 Å². The Morgan fingerprint density at radius 3 is 2.08 bits per heavy atom. The smallest absolute Gasteiger partial charge is 0.127 e. The van der Waals surface area contributed by atoms with Crippen molar-refractivity contribution < 1.29 is 4.74 Å². The van der Waals surface area contributed by atoms with E-state index in [1.165, 1.54) is 44.9 Å². The van der Waals surface area contributed by atoms with Crippen LogP contribution in [0.25, 0.3) is 11.1 Å². The van der Waals surface area contributed by atoms with Gasteiger partial charge in [-0.05, 0) is 36.6 Å². The summed E-state index contributed by atoms with van der Waals surface area (Å²) in [6.45, 7) is 0.769. The lowest BCUT2D eigenvalue weighted by atomic mass is 10.0. The molecule has 0 saturated carbocycles. The van der Waals surface area contributed by atoms with E-state index >= 15 is 0 Å². The Balaban J connectivity index is 1.71. The van der Waals surface area contributed by atoms with Gasteiger partial charge in [0.15, 0.2) is 0 Å². The number of hydrogen-bond donors (Lipinski definition) is 0. The summed E-state index contributed by atoms with van der Waals surface area (Å²) in [5, 5.41) is 1.88. The first-order valence-corrected chi connectivity index (χ1v) is 10.8. The molecule has 0 aliphatic heterocycles. The van der Waals surface area contributed by atoms with Gasteiger partial charge in [0, 0.05) is 15.9 Å². The third-order valence-corrected chi connectivity index (χ3v) is 5.11. The zero-order valence-corrected chi connectivity index (χ0v) is 17.2. The lowest BCUT2D eigenvalue weighted by Crippen LogP contribution is -1.99. The van der Waals surface area contributed by atoms with Crippen LogP contribution in [0.4, 0.5) is 0 Å². The SMILES string of the molecule is Clc1ccc(OCCCCCCCCCCBr)c(-c2ccccc2)c1. The highest BCUT2D eigenvalue weighted by atomic mass is 79.9. The molecule has 2 aromatic carbocycles. The van der Waals surface area contributed by atoms with E-state index in [0.717, 1.165) is 40.3 Å². The maximum atomic E-state index is 6.17. The number of benzene rings is 2. The van der Waals surface area contributed by atoms with E-state index in [1.807, 2.05) is 36.4 Å². The van der Waals surface area contributed by atoms with Crippen molar-refractivity contribution in [1.82, 2.24) is 0 Å². The Labute approximate surface area is 165 Å². The van der Waals surface area contributed by atoms with Crippen molar-refractivity contribution >= 4 is 27.5 Å². The molecule has 2 rings (SSSR count). The molecule has 1 nitrogen and oxygen atoms in total. The van der Waals surface area contributed by atoms with Crippen LogP contribution in [-0.4, -0.2) is 11.9 Å². The molecule has 0 spiro atoms. The Bertz CT molecular complexity index is 600. The fourth-order valence-corrected chi connectivity index (χ4v) is 3.48. The molecule has 25 heavy (non-hydrogen) atoms. The Kier molecular flexibility index (Phi) is 10.1. The van der Waals surface area contributed by atoms with Crippen LogP contribution in [0.5, 0.6) is 5.75 Å². The Morgan fingerprint density at radius 2 is 1.40 bits per heavy atom. The van der Waals surface area contributed by atoms with E-state index in [9.17, 15) is 0 Å². The predicted octanol–water partition coefficient (Wildman–Crippen LogP) is 7.90. The van der Waals surface area contributed by atoms with Crippen LogP contribution >= 0.6 is 27.5 Å². The van der Waals surface area contributed by atoms with Gasteiger partial charge in [0.25, 0.3) is 0 Å². The van der Waals surface area contributed by atoms with Gasteiger partial charge < -0.3 is 4.74 Å². The van der Waals surface area contributed by atoms with Gasteiger partial charge in [-0.25, -0.2) is 0 Å². The molecular weight excluding hydrogens is 396 g/mol. The quantitative estimate of drug-likeness (QED) is 0.249. The van der Waals surface area contributed by atoms with Crippen molar-refractivity contribution in [2.45, 2.75) is 51.4 Å². The Hall–Kier alpha value is -0.990. The summed E-state index contributed by atoms with van der Waals surface area (Å²) in [5.41, 5.74) is 2.21. The second-order valence-electron chi connectivity index (χ2n) is 6.37. The Morgan fingerprint density at radius 1 is 0.760 bits per heavy atom. The molecule has 0 heterocycles. The maximum absolute atomic E-state index is 6.17. The van der Waals surface area contributed by atoms with Gasteiger partial charge in [0.05, 0.1) is 6.61 Å². The molecule has 0 saturated heterocycles. The van der Waals surface area contributed by atoms with E-state index < -0.39 is 0 Å². The summed E-state index contributed by atoms with van der Waals surface area (Å²) in [6.07, 6.45) is 10.4. The molecule has 0 N–H and O–H groups in total. The molecule has 0 bridgehead atoms. The van der Waals surface area contributed by atoms with Gasteiger partial charge in [0.1, 0.15) is 5.75 Å². The highest BCUT2D eigenvalue weighted by Crippen LogP contribution is 2.32. The van der Waals surface area contributed by atoms with Gasteiger partial charge >= 0.3 is 0 Å². The zero-order chi connectivity index (χ0) is 17.7. The molecule has 0 aromatic heterocycles. The largest absolute Gasteiger partial charge is 0.493 e. The number of unbranched alkanes of at least 4 members (excludes halogenated alkanes) is 7. The van der Waals surface area contributed by atoms with Gasteiger partial charge in [-0.3, -0.25) is 0 Å². The van der Waals surface area contributed by atoms with Crippen LogP contribution in [-0.2, 0) is 0 Å². The van der Waals surface area contributed by atoms with Crippen LogP contribution in [0.1, 0.15) is 51.4 Å². The standard InChI is InChI=1S/C22H28BrClO/c23-16-10-5-3-1-2-4-6-11-17-25-22-15-14-20(24)18-21(22)19-12-8-7-9-13-19/h7-9,12-15,18H,1-6,10-11,16-17H2. The van der Waals surface area contributed by atoms with Crippen molar-refractivity contribution in [3.63, 3.8) is 0 Å². The molecule has 136 valence electrons. The first-order valence-electron chi connectivity index (χ1n) is 9.35. The number of rotatable bonds is 12. The molecule has 2 aromatic rings. The number of alkyl halides is 1. The first kappa shape index (κ1) is 20.3. The van der Waals surface area contributed by atoms with Crippen LogP contribution in [0, 0.1) is 0 Å². The topological polar surface area (TPSA) is 9.23 Å². The van der Waals surface area contributed by atoms with Crippen molar-refractivity contribution in [1.29, 1.82) is 0 Å². The highest BCUT2D eigenvalue weighted by molar-refractivity contribution is 9.09. The number of ether oxygens (including phenoxy) is 1. The van der Waals surface area contributed by atoms with Crippen LogP contribution in [0.15, 0.2) is 48.5 Å². The zero-order valence-electron chi connectivity index (χ0n) is 14.9. The molecule has 0 unspecified atom stereocenters. The number of hydrogen-bond acceptors (Lipinski definition) is 1. The molecule has 0 atom stereocenters. The third kappa shape index (κ3) is 7.83. The summed E-state index contributed by atoms with van der Waals surface area (Å²) in [7, 11) is 0. The molecule has 0 fully saturated rings. The highest BCUT2D eigenvalue weighted by Gasteiger charge is 2.07. The monoisotopic (exact) mass is 422 g/mol.